The van der Waals surface area contributed by atoms with E-state index in [0.717, 1.165) is 36.1 Å². The monoisotopic (exact) mass is 420 g/mol. The van der Waals surface area contributed by atoms with Crippen LogP contribution >= 0.6 is 0 Å². The highest BCUT2D eigenvalue weighted by atomic mass is 16.5. The summed E-state index contributed by atoms with van der Waals surface area (Å²) >= 11 is 0. The molecule has 2 aromatic carbocycles. The van der Waals surface area contributed by atoms with Crippen LogP contribution in [0.2, 0.25) is 1.41 Å². The van der Waals surface area contributed by atoms with Crippen molar-refractivity contribution < 1.29 is 12.3 Å². The largest absolute Gasteiger partial charge is 0.497 e. The number of H-pyrrole nitrogens is 1. The molecule has 1 N–H and O–H groups in total. The van der Waals surface area contributed by atoms with E-state index in [1.54, 1.807) is 13.2 Å². The highest BCUT2D eigenvalue weighted by Crippen LogP contribution is 2.33. The Morgan fingerprint density at radius 2 is 1.90 bits per heavy atom. The van der Waals surface area contributed by atoms with Gasteiger partial charge in [0.2, 0.25) is 5.91 Å². The number of aromatic amines is 1. The lowest BCUT2D eigenvalue weighted by atomic mass is 10.0. The van der Waals surface area contributed by atoms with E-state index >= 15 is 0 Å². The first-order chi connectivity index (χ1) is 15.9. The molecule has 7 heteroatoms. The second kappa shape index (κ2) is 8.06. The molecule has 0 spiro atoms. The summed E-state index contributed by atoms with van der Waals surface area (Å²) in [6, 6.07) is 13.1. The molecule has 2 heterocycles. The average Bonchev–Trinajstić information content (AvgIpc) is 3.51. The minimum absolute atomic E-state index is 0.141. The van der Waals surface area contributed by atoms with E-state index in [9.17, 15) is 9.59 Å². The van der Waals surface area contributed by atoms with Gasteiger partial charge in [-0.1, -0.05) is 36.4 Å². The number of amides is 1. The third-order valence-corrected chi connectivity index (χ3v) is 6.15. The normalized spacial score (nSPS) is 19.3. The first kappa shape index (κ1) is 17.3. The van der Waals surface area contributed by atoms with Crippen molar-refractivity contribution in [2.24, 2.45) is 11.8 Å². The molecule has 160 valence electrons. The highest BCUT2D eigenvalue weighted by molar-refractivity contribution is 5.81. The quantitative estimate of drug-likeness (QED) is 0.664. The zero-order valence-electron chi connectivity index (χ0n) is 19.5. The Labute approximate surface area is 183 Å². The van der Waals surface area contributed by atoms with Gasteiger partial charge < -0.3 is 9.64 Å². The maximum absolute atomic E-state index is 12.7. The van der Waals surface area contributed by atoms with E-state index < -0.39 is 5.69 Å². The summed E-state index contributed by atoms with van der Waals surface area (Å²) < 4.78 is 23.1. The van der Waals surface area contributed by atoms with Crippen LogP contribution in [-0.2, 0) is 11.3 Å². The molecule has 2 fully saturated rings. The van der Waals surface area contributed by atoms with Crippen LogP contribution in [0.15, 0.2) is 53.3 Å². The Morgan fingerprint density at radius 1 is 1.16 bits per heavy atom. The van der Waals surface area contributed by atoms with Crippen molar-refractivity contribution in [2.45, 2.75) is 25.8 Å². The van der Waals surface area contributed by atoms with Gasteiger partial charge in [-0.2, -0.15) is 5.10 Å². The van der Waals surface area contributed by atoms with Gasteiger partial charge in [-0.3, -0.25) is 9.36 Å². The minimum Gasteiger partial charge on any atom is -0.497 e. The molecule has 2 aliphatic rings. The molecule has 1 aromatic heterocycles. The summed E-state index contributed by atoms with van der Waals surface area (Å²) in [7, 11) is 1.61. The van der Waals surface area contributed by atoms with Crippen LogP contribution < -0.4 is 10.4 Å². The van der Waals surface area contributed by atoms with E-state index in [-0.39, 0.29) is 17.7 Å². The number of aromatic nitrogens is 3. The van der Waals surface area contributed by atoms with Crippen LogP contribution in [-0.4, -0.2) is 45.8 Å². The number of nitrogens with zero attached hydrogens (tertiary/aromatic N) is 3. The Balaban J connectivity index is 1.39. The predicted octanol–water partition coefficient (Wildman–Crippen LogP) is 3.17. The van der Waals surface area contributed by atoms with Gasteiger partial charge in [0.25, 0.3) is 0 Å². The summed E-state index contributed by atoms with van der Waals surface area (Å²) in [5, 5.41) is 4.73. The number of carbonyl (C=O) groups is 1. The molecule has 5 rings (SSSR count). The van der Waals surface area contributed by atoms with Crippen LogP contribution in [0.25, 0.3) is 22.5 Å². The molecule has 1 aliphatic heterocycles. The number of hydrogen-bond donors (Lipinski definition) is 1. The van der Waals surface area contributed by atoms with E-state index in [1.165, 1.54) is 4.57 Å². The molecule has 31 heavy (non-hydrogen) atoms. The molecule has 1 saturated heterocycles. The Kier molecular flexibility index (Phi) is 4.51. The molecule has 3 aromatic rings. The van der Waals surface area contributed by atoms with Crippen LogP contribution in [0.5, 0.6) is 5.75 Å². The number of methoxy groups -OCH3 is 1. The first-order valence-electron chi connectivity index (χ1n) is 11.6. The number of carbonyl (C=O) groups excluding carboxylic acids is 1. The zero-order chi connectivity index (χ0) is 23.1. The molecule has 7 nitrogen and oxygen atoms in total. The molecule has 1 atom stereocenters. The lowest BCUT2D eigenvalue weighted by Gasteiger charge is -2.16. The number of likely N-dealkylation sites (tertiary alicyclic amines) is 1. The summed E-state index contributed by atoms with van der Waals surface area (Å²) in [6.07, 6.45) is 2.79. The lowest BCUT2D eigenvalue weighted by Crippen LogP contribution is -2.31. The highest BCUT2D eigenvalue weighted by Gasteiger charge is 2.36. The van der Waals surface area contributed by atoms with Crippen molar-refractivity contribution in [3.63, 3.8) is 0 Å². The van der Waals surface area contributed by atoms with Gasteiger partial charge in [-0.15, -0.1) is 0 Å². The summed E-state index contributed by atoms with van der Waals surface area (Å²) in [6.45, 7) is 1.74. The fraction of sp³-hybridized carbons (Fsp3) is 0.375. The maximum atomic E-state index is 12.7. The maximum Gasteiger partial charge on any atom is 0.343 e. The average molecular weight is 421 g/mol. The predicted molar refractivity (Wildman–Crippen MR) is 118 cm³/mol. The third-order valence-electron chi connectivity index (χ3n) is 6.15. The molecular weight excluding hydrogens is 392 g/mol. The summed E-state index contributed by atoms with van der Waals surface area (Å²) in [5.41, 5.74) is 1.75. The van der Waals surface area contributed by atoms with E-state index in [4.69, 9.17) is 7.52 Å². The Morgan fingerprint density at radius 3 is 2.61 bits per heavy atom. The topological polar surface area (TPSA) is 80.2 Å². The van der Waals surface area contributed by atoms with Crippen molar-refractivity contribution in [3.05, 3.63) is 59.0 Å². The van der Waals surface area contributed by atoms with Gasteiger partial charge in [-0.25, -0.2) is 9.89 Å². The Hall–Kier alpha value is -3.35. The Bertz CT molecular complexity index is 1250. The van der Waals surface area contributed by atoms with Crippen LogP contribution in [0.1, 0.15) is 20.6 Å². The van der Waals surface area contributed by atoms with Crippen molar-refractivity contribution in [1.82, 2.24) is 19.7 Å². The SMILES string of the molecule is [2H]c1cc(-c2nn([2H])c(=O)n2C[C@@H]2CCN(C(=O)C3CC3)C2)ccc1-c1ccc(OC)cc1. The molecule has 1 amide bonds. The zero-order valence-corrected chi connectivity index (χ0v) is 17.5. The van der Waals surface area contributed by atoms with Crippen LogP contribution in [0.3, 0.4) is 0 Å². The van der Waals surface area contributed by atoms with E-state index in [1.807, 2.05) is 41.3 Å². The minimum atomic E-state index is -0.511. The first-order valence-corrected chi connectivity index (χ1v) is 10.7. The van der Waals surface area contributed by atoms with Gasteiger partial charge in [0.05, 0.1) is 8.48 Å². The van der Waals surface area contributed by atoms with Crippen molar-refractivity contribution in [3.8, 4) is 28.3 Å². The number of benzene rings is 2. The number of nitrogens with one attached hydrogen (secondary N) is 1. The van der Waals surface area contributed by atoms with Gasteiger partial charge in [0.15, 0.2) is 7.24 Å². The molecule has 1 saturated carbocycles. The second-order valence-corrected chi connectivity index (χ2v) is 8.35. The number of rotatable bonds is 6. The van der Waals surface area contributed by atoms with Crippen LogP contribution in [0.4, 0.5) is 0 Å². The molecule has 0 unspecified atom stereocenters. The molecule has 1 aliphatic carbocycles. The summed E-state index contributed by atoms with van der Waals surface area (Å²) in [5.74, 6) is 1.68. The fourth-order valence-corrected chi connectivity index (χ4v) is 4.21. The van der Waals surface area contributed by atoms with Gasteiger partial charge >= 0.3 is 5.69 Å². The smallest absolute Gasteiger partial charge is 0.343 e. The molecule has 0 radical (unpaired) electrons. The van der Waals surface area contributed by atoms with Crippen molar-refractivity contribution >= 4 is 5.91 Å². The van der Waals surface area contributed by atoms with Gasteiger partial charge in [0.1, 0.15) is 5.75 Å². The van der Waals surface area contributed by atoms with Gasteiger partial charge in [-0.05, 0) is 48.4 Å². The fourth-order valence-electron chi connectivity index (χ4n) is 4.21. The van der Waals surface area contributed by atoms with E-state index in [0.29, 0.717) is 42.2 Å². The third kappa shape index (κ3) is 4.00. The van der Waals surface area contributed by atoms with Crippen LogP contribution in [0, 0.1) is 11.8 Å². The van der Waals surface area contributed by atoms with Crippen molar-refractivity contribution in [1.29, 1.82) is 0 Å². The molecular formula is C24H26N4O3. The number of hydrogen-bond acceptors (Lipinski definition) is 4. The van der Waals surface area contributed by atoms with Crippen molar-refractivity contribution in [2.75, 3.05) is 20.2 Å². The standard InChI is InChI=1S/C24H26N4O3/c1-31-21-10-8-18(9-11-21)17-2-4-19(5-3-17)22-25-26-24(30)28(22)15-16-12-13-27(14-16)23(29)20-6-7-20/h2-5,8-11,16,20H,6-7,12-15H2,1H3,(H,26,30)/t16-/m1/s1/i2D/hD. The summed E-state index contributed by atoms with van der Waals surface area (Å²) in [4.78, 5) is 26.9. The molecule has 0 bridgehead atoms. The second-order valence-electron chi connectivity index (χ2n) is 8.35. The lowest BCUT2D eigenvalue weighted by molar-refractivity contribution is -0.131. The number of ether oxygens (including phenoxy) is 1. The van der Waals surface area contributed by atoms with E-state index in [2.05, 4.69) is 5.10 Å². The van der Waals surface area contributed by atoms with Gasteiger partial charge in [0, 0.05) is 31.1 Å².